The van der Waals surface area contributed by atoms with Crippen LogP contribution in [0, 0.1) is 0 Å². The van der Waals surface area contributed by atoms with E-state index < -0.39 is 23.6 Å². The second-order valence-electron chi connectivity index (χ2n) is 5.13. The molecule has 132 valence electrons. The van der Waals surface area contributed by atoms with Gasteiger partial charge < -0.3 is 10.6 Å². The Labute approximate surface area is 147 Å². The Bertz CT molecular complexity index is 778. The third-order valence-corrected chi connectivity index (χ3v) is 3.66. The van der Waals surface area contributed by atoms with E-state index in [4.69, 9.17) is 11.6 Å². The van der Waals surface area contributed by atoms with Crippen LogP contribution in [0.2, 0.25) is 5.02 Å². The quantitative estimate of drug-likeness (QED) is 0.807. The molecule has 0 saturated heterocycles. The number of rotatable bonds is 4. The van der Waals surface area contributed by atoms with Gasteiger partial charge in [-0.3, -0.25) is 9.59 Å². The van der Waals surface area contributed by atoms with Gasteiger partial charge in [-0.15, -0.1) is 0 Å². The maximum atomic E-state index is 12.6. The van der Waals surface area contributed by atoms with Crippen molar-refractivity contribution in [2.75, 3.05) is 11.9 Å². The van der Waals surface area contributed by atoms with Crippen molar-refractivity contribution in [2.24, 2.45) is 0 Å². The molecule has 25 heavy (non-hydrogen) atoms. The van der Waals surface area contributed by atoms with Gasteiger partial charge in [0.15, 0.2) is 0 Å². The summed E-state index contributed by atoms with van der Waals surface area (Å²) in [4.78, 5) is 23.5. The van der Waals surface area contributed by atoms with Crippen LogP contribution in [0.5, 0.6) is 0 Å². The van der Waals surface area contributed by atoms with Gasteiger partial charge in [0.25, 0.3) is 0 Å². The van der Waals surface area contributed by atoms with Crippen molar-refractivity contribution in [2.45, 2.75) is 12.6 Å². The van der Waals surface area contributed by atoms with Crippen LogP contribution in [-0.4, -0.2) is 18.4 Å². The molecular weight excluding hydrogens is 357 g/mol. The van der Waals surface area contributed by atoms with Gasteiger partial charge >= 0.3 is 18.0 Å². The lowest BCUT2D eigenvalue weighted by Crippen LogP contribution is -2.36. The van der Waals surface area contributed by atoms with E-state index in [9.17, 15) is 22.8 Å². The van der Waals surface area contributed by atoms with Gasteiger partial charge in [0, 0.05) is 17.3 Å². The fourth-order valence-corrected chi connectivity index (χ4v) is 2.28. The molecule has 0 bridgehead atoms. The van der Waals surface area contributed by atoms with Gasteiger partial charge in [0.05, 0.1) is 5.56 Å². The van der Waals surface area contributed by atoms with E-state index in [2.05, 4.69) is 10.6 Å². The van der Waals surface area contributed by atoms with E-state index in [1.54, 1.807) is 24.3 Å². The molecule has 0 aromatic heterocycles. The van der Waals surface area contributed by atoms with Crippen LogP contribution in [0.4, 0.5) is 18.9 Å². The zero-order valence-corrected chi connectivity index (χ0v) is 13.6. The molecule has 0 spiro atoms. The third kappa shape index (κ3) is 5.49. The largest absolute Gasteiger partial charge is 0.416 e. The number of halogens is 4. The second kappa shape index (κ2) is 8.02. The molecule has 0 aliphatic carbocycles. The predicted octanol–water partition coefficient (Wildman–Crippen LogP) is 3.66. The summed E-state index contributed by atoms with van der Waals surface area (Å²) in [6.45, 7) is 0.165. The fraction of sp³-hybridized carbons (Fsp3) is 0.176. The zero-order chi connectivity index (χ0) is 18.4. The highest BCUT2D eigenvalue weighted by Crippen LogP contribution is 2.30. The minimum absolute atomic E-state index is 0.110. The minimum atomic E-state index is -4.53. The summed E-state index contributed by atoms with van der Waals surface area (Å²) < 4.78 is 37.9. The van der Waals surface area contributed by atoms with Crippen molar-refractivity contribution >= 4 is 29.1 Å². The van der Waals surface area contributed by atoms with Crippen molar-refractivity contribution in [1.82, 2.24) is 5.32 Å². The minimum Gasteiger partial charge on any atom is -0.347 e. The molecule has 2 aromatic carbocycles. The molecule has 2 N–H and O–H groups in total. The molecule has 2 amide bonds. The molecule has 2 aromatic rings. The summed E-state index contributed by atoms with van der Waals surface area (Å²) in [6, 6.07) is 11.1. The Hall–Kier alpha value is -2.54. The number of amides is 2. The van der Waals surface area contributed by atoms with Gasteiger partial charge in [-0.05, 0) is 36.2 Å². The first kappa shape index (κ1) is 18.8. The summed E-state index contributed by atoms with van der Waals surface area (Å²) in [7, 11) is 0. The van der Waals surface area contributed by atoms with E-state index >= 15 is 0 Å². The number of carbonyl (C=O) groups is 2. The molecule has 2 rings (SSSR count). The maximum Gasteiger partial charge on any atom is 0.416 e. The molecule has 0 fully saturated rings. The van der Waals surface area contributed by atoms with Crippen LogP contribution in [0.25, 0.3) is 0 Å². The summed E-state index contributed by atoms with van der Waals surface area (Å²) in [5, 5.41) is 5.08. The number of anilines is 1. The maximum absolute atomic E-state index is 12.6. The number of carbonyl (C=O) groups excluding carboxylic acids is 2. The predicted molar refractivity (Wildman–Crippen MR) is 88.2 cm³/mol. The zero-order valence-electron chi connectivity index (χ0n) is 12.9. The molecule has 0 atom stereocenters. The standard InChI is InChI=1S/C17H14ClF3N2O2/c18-14-7-2-1-4-11(14)8-9-22-15(24)16(25)23-13-6-3-5-12(10-13)17(19,20)21/h1-7,10H,8-9H2,(H,22,24)(H,23,25). The average Bonchev–Trinajstić information content (AvgIpc) is 2.56. The van der Waals surface area contributed by atoms with E-state index in [0.29, 0.717) is 11.4 Å². The van der Waals surface area contributed by atoms with E-state index in [-0.39, 0.29) is 12.2 Å². The molecular formula is C17H14ClF3N2O2. The molecule has 0 aliphatic heterocycles. The van der Waals surface area contributed by atoms with Crippen molar-refractivity contribution in [1.29, 1.82) is 0 Å². The Balaban J connectivity index is 1.88. The molecule has 4 nitrogen and oxygen atoms in total. The van der Waals surface area contributed by atoms with Crippen LogP contribution in [-0.2, 0) is 22.2 Å². The fourth-order valence-electron chi connectivity index (χ4n) is 2.05. The average molecular weight is 371 g/mol. The van der Waals surface area contributed by atoms with Gasteiger partial charge in [-0.25, -0.2) is 0 Å². The lowest BCUT2D eigenvalue weighted by atomic mass is 10.1. The van der Waals surface area contributed by atoms with E-state index in [0.717, 1.165) is 23.8 Å². The highest BCUT2D eigenvalue weighted by atomic mass is 35.5. The highest BCUT2D eigenvalue weighted by Gasteiger charge is 2.30. The van der Waals surface area contributed by atoms with Crippen LogP contribution in [0.1, 0.15) is 11.1 Å². The van der Waals surface area contributed by atoms with Crippen LogP contribution in [0.3, 0.4) is 0 Å². The molecule has 0 heterocycles. The highest BCUT2D eigenvalue weighted by molar-refractivity contribution is 6.39. The van der Waals surface area contributed by atoms with E-state index in [1.807, 2.05) is 0 Å². The number of hydrogen-bond acceptors (Lipinski definition) is 2. The first-order valence-corrected chi connectivity index (χ1v) is 7.65. The molecule has 8 heteroatoms. The lowest BCUT2D eigenvalue weighted by molar-refractivity contribution is -0.137. The van der Waals surface area contributed by atoms with Gasteiger partial charge in [0.2, 0.25) is 0 Å². The summed E-state index contributed by atoms with van der Waals surface area (Å²) in [6.07, 6.45) is -4.11. The second-order valence-corrected chi connectivity index (χ2v) is 5.54. The Morgan fingerprint density at radius 3 is 2.40 bits per heavy atom. The molecule has 0 radical (unpaired) electrons. The number of hydrogen-bond donors (Lipinski definition) is 2. The van der Waals surface area contributed by atoms with Crippen molar-refractivity contribution in [3.8, 4) is 0 Å². The monoisotopic (exact) mass is 370 g/mol. The third-order valence-electron chi connectivity index (χ3n) is 3.29. The van der Waals surface area contributed by atoms with Gasteiger partial charge in [-0.1, -0.05) is 35.9 Å². The first-order chi connectivity index (χ1) is 11.8. The molecule has 0 unspecified atom stereocenters. The first-order valence-electron chi connectivity index (χ1n) is 7.27. The van der Waals surface area contributed by atoms with Crippen LogP contribution in [0.15, 0.2) is 48.5 Å². The number of nitrogens with one attached hydrogen (secondary N) is 2. The lowest BCUT2D eigenvalue weighted by Gasteiger charge is -2.10. The van der Waals surface area contributed by atoms with Gasteiger partial charge in [-0.2, -0.15) is 13.2 Å². The normalized spacial score (nSPS) is 11.0. The number of benzene rings is 2. The summed E-state index contributed by atoms with van der Waals surface area (Å²) >= 11 is 5.98. The molecule has 0 aliphatic rings. The molecule has 0 saturated carbocycles. The smallest absolute Gasteiger partial charge is 0.347 e. The van der Waals surface area contributed by atoms with Crippen molar-refractivity contribution in [3.63, 3.8) is 0 Å². The van der Waals surface area contributed by atoms with Crippen molar-refractivity contribution < 1.29 is 22.8 Å². The van der Waals surface area contributed by atoms with Crippen LogP contribution < -0.4 is 10.6 Å². The topological polar surface area (TPSA) is 58.2 Å². The summed E-state index contributed by atoms with van der Waals surface area (Å²) in [5.74, 6) is -1.98. The van der Waals surface area contributed by atoms with Gasteiger partial charge in [0.1, 0.15) is 0 Å². The SMILES string of the molecule is O=C(NCCc1ccccc1Cl)C(=O)Nc1cccc(C(F)(F)F)c1. The van der Waals surface area contributed by atoms with Crippen molar-refractivity contribution in [3.05, 3.63) is 64.7 Å². The Kier molecular flexibility index (Phi) is 6.03. The van der Waals surface area contributed by atoms with Crippen LogP contribution >= 0.6 is 11.6 Å². The summed E-state index contributed by atoms with van der Waals surface area (Å²) in [5.41, 5.74) is -0.215. The number of alkyl halides is 3. The van der Waals surface area contributed by atoms with E-state index in [1.165, 1.54) is 6.07 Å². The Morgan fingerprint density at radius 1 is 1.00 bits per heavy atom. The Morgan fingerprint density at radius 2 is 1.72 bits per heavy atom.